The number of para-hydroxylation sites is 2. The molecule has 1 aromatic heterocycles. The fraction of sp³-hybridized carbons (Fsp3) is 0.321. The molecule has 1 unspecified atom stereocenters. The van der Waals surface area contributed by atoms with Gasteiger partial charge in [-0.25, -0.2) is 9.18 Å². The largest absolute Gasteiger partial charge is 0.497 e. The molecule has 0 saturated carbocycles. The van der Waals surface area contributed by atoms with E-state index >= 15 is 0 Å². The third kappa shape index (κ3) is 5.16. The molecule has 0 spiro atoms. The van der Waals surface area contributed by atoms with Crippen molar-refractivity contribution in [3.63, 3.8) is 0 Å². The zero-order valence-electron chi connectivity index (χ0n) is 20.0. The summed E-state index contributed by atoms with van der Waals surface area (Å²) in [6.07, 6.45) is 0.918. The van der Waals surface area contributed by atoms with Gasteiger partial charge in [-0.15, -0.1) is 0 Å². The molecule has 0 aliphatic carbocycles. The maximum Gasteiger partial charge on any atom is 0.326 e. The van der Waals surface area contributed by atoms with E-state index in [2.05, 4.69) is 26.9 Å². The Hall–Kier alpha value is -3.42. The Labute approximate surface area is 204 Å². The lowest BCUT2D eigenvalue weighted by Gasteiger charge is -2.40. The van der Waals surface area contributed by atoms with Crippen LogP contribution in [0.25, 0.3) is 11.0 Å². The van der Waals surface area contributed by atoms with Gasteiger partial charge in [-0.3, -0.25) is 9.47 Å². The van der Waals surface area contributed by atoms with Gasteiger partial charge in [0.05, 0.1) is 24.2 Å². The van der Waals surface area contributed by atoms with Crippen LogP contribution in [0.5, 0.6) is 5.75 Å². The molecule has 1 saturated heterocycles. The molecule has 35 heavy (non-hydrogen) atoms. The van der Waals surface area contributed by atoms with E-state index in [1.54, 1.807) is 7.11 Å². The maximum atomic E-state index is 13.6. The molecular weight excluding hydrogens is 443 g/mol. The zero-order valence-corrected chi connectivity index (χ0v) is 20.0. The molecule has 1 N–H and O–H groups in total. The Balaban J connectivity index is 1.23. The molecule has 3 aromatic carbocycles. The van der Waals surface area contributed by atoms with Crippen molar-refractivity contribution in [2.24, 2.45) is 0 Å². The third-order valence-electron chi connectivity index (χ3n) is 6.93. The summed E-state index contributed by atoms with van der Waals surface area (Å²) in [6.45, 7) is 5.39. The van der Waals surface area contributed by atoms with E-state index in [0.29, 0.717) is 6.54 Å². The lowest BCUT2D eigenvalue weighted by Crippen LogP contribution is -2.48. The van der Waals surface area contributed by atoms with Crippen LogP contribution in [-0.4, -0.2) is 59.2 Å². The normalized spacial score (nSPS) is 15.9. The number of benzene rings is 3. The lowest BCUT2D eigenvalue weighted by atomic mass is 9.96. The smallest absolute Gasteiger partial charge is 0.326 e. The molecule has 1 fully saturated rings. The van der Waals surface area contributed by atoms with E-state index in [1.807, 2.05) is 53.1 Å². The Morgan fingerprint density at radius 1 is 0.886 bits per heavy atom. The summed E-state index contributed by atoms with van der Waals surface area (Å²) in [5, 5.41) is 0. The van der Waals surface area contributed by atoms with E-state index in [4.69, 9.17) is 4.74 Å². The van der Waals surface area contributed by atoms with Gasteiger partial charge in [0, 0.05) is 32.7 Å². The molecule has 182 valence electrons. The van der Waals surface area contributed by atoms with Gasteiger partial charge < -0.3 is 14.6 Å². The number of H-pyrrole nitrogens is 1. The number of piperazine rings is 1. The van der Waals surface area contributed by atoms with Crippen LogP contribution in [0.4, 0.5) is 4.39 Å². The molecule has 0 radical (unpaired) electrons. The highest BCUT2D eigenvalue weighted by molar-refractivity contribution is 5.74. The molecule has 0 bridgehead atoms. The van der Waals surface area contributed by atoms with Crippen molar-refractivity contribution in [2.75, 3.05) is 39.8 Å². The predicted molar refractivity (Wildman–Crippen MR) is 136 cm³/mol. The van der Waals surface area contributed by atoms with Crippen LogP contribution in [0.2, 0.25) is 0 Å². The van der Waals surface area contributed by atoms with Gasteiger partial charge in [-0.1, -0.05) is 36.4 Å². The second-order valence-electron chi connectivity index (χ2n) is 9.06. The quantitative estimate of drug-likeness (QED) is 0.414. The molecule has 6 nitrogen and oxygen atoms in total. The molecule has 1 aliphatic rings. The van der Waals surface area contributed by atoms with E-state index < -0.39 is 0 Å². The van der Waals surface area contributed by atoms with Crippen molar-refractivity contribution >= 4 is 11.0 Å². The van der Waals surface area contributed by atoms with Crippen LogP contribution in [-0.2, 0) is 6.54 Å². The summed E-state index contributed by atoms with van der Waals surface area (Å²) in [4.78, 5) is 20.2. The number of hydrogen-bond acceptors (Lipinski definition) is 4. The first-order valence-electron chi connectivity index (χ1n) is 12.2. The number of aromatic amines is 1. The van der Waals surface area contributed by atoms with E-state index in [0.717, 1.165) is 61.5 Å². The predicted octanol–water partition coefficient (Wildman–Crippen LogP) is 4.27. The highest BCUT2D eigenvalue weighted by atomic mass is 19.1. The van der Waals surface area contributed by atoms with Crippen molar-refractivity contribution in [2.45, 2.75) is 19.0 Å². The summed E-state index contributed by atoms with van der Waals surface area (Å²) in [5.41, 5.74) is 4.06. The van der Waals surface area contributed by atoms with Crippen molar-refractivity contribution < 1.29 is 9.13 Å². The monoisotopic (exact) mass is 474 g/mol. The average molecular weight is 475 g/mol. The number of nitrogens with one attached hydrogen (secondary N) is 1. The molecule has 2 heterocycles. The number of halogens is 1. The van der Waals surface area contributed by atoms with E-state index in [9.17, 15) is 9.18 Å². The van der Waals surface area contributed by atoms with Gasteiger partial charge in [0.25, 0.3) is 0 Å². The number of nitrogens with zero attached hydrogens (tertiary/aromatic N) is 3. The molecule has 5 rings (SSSR count). The van der Waals surface area contributed by atoms with Crippen LogP contribution in [0.3, 0.4) is 0 Å². The number of rotatable bonds is 8. The molecule has 4 aromatic rings. The van der Waals surface area contributed by atoms with Crippen LogP contribution in [0.15, 0.2) is 77.6 Å². The van der Waals surface area contributed by atoms with Gasteiger partial charge in [0.2, 0.25) is 0 Å². The minimum Gasteiger partial charge on any atom is -0.497 e. The second-order valence-corrected chi connectivity index (χ2v) is 9.06. The van der Waals surface area contributed by atoms with Gasteiger partial charge in [-0.05, 0) is 60.5 Å². The summed E-state index contributed by atoms with van der Waals surface area (Å²) >= 11 is 0. The molecule has 1 aliphatic heterocycles. The number of hydrogen-bond donors (Lipinski definition) is 1. The number of ether oxygens (including phenoxy) is 1. The fourth-order valence-corrected chi connectivity index (χ4v) is 5.07. The highest BCUT2D eigenvalue weighted by Crippen LogP contribution is 2.31. The average Bonchev–Trinajstić information content (AvgIpc) is 3.21. The first-order valence-corrected chi connectivity index (χ1v) is 12.2. The second kappa shape index (κ2) is 10.5. The van der Waals surface area contributed by atoms with Crippen molar-refractivity contribution in [3.05, 3.63) is 100 Å². The number of aromatic nitrogens is 2. The number of imidazole rings is 1. The first-order chi connectivity index (χ1) is 17.1. The van der Waals surface area contributed by atoms with E-state index in [-0.39, 0.29) is 17.5 Å². The Bertz CT molecular complexity index is 1310. The van der Waals surface area contributed by atoms with Crippen LogP contribution in [0, 0.1) is 5.82 Å². The summed E-state index contributed by atoms with van der Waals surface area (Å²) in [7, 11) is 1.67. The molecule has 7 heteroatoms. The molecule has 0 amide bonds. The number of methoxy groups -OCH3 is 1. The van der Waals surface area contributed by atoms with Crippen molar-refractivity contribution in [1.82, 2.24) is 19.4 Å². The van der Waals surface area contributed by atoms with Gasteiger partial charge in [0.15, 0.2) is 0 Å². The molecule has 1 atom stereocenters. The van der Waals surface area contributed by atoms with Crippen LogP contribution >= 0.6 is 0 Å². The third-order valence-corrected chi connectivity index (χ3v) is 6.93. The fourth-order valence-electron chi connectivity index (χ4n) is 5.07. The van der Waals surface area contributed by atoms with Crippen LogP contribution < -0.4 is 10.4 Å². The van der Waals surface area contributed by atoms with E-state index in [1.165, 1.54) is 17.7 Å². The topological polar surface area (TPSA) is 53.5 Å². The SMILES string of the molecule is COc1ccc(C(c2ccc(F)cc2)N2CCN(CCCn3c(=O)[nH]c4ccccc43)CC2)cc1. The minimum atomic E-state index is -0.221. The minimum absolute atomic E-state index is 0.0438. The van der Waals surface area contributed by atoms with Gasteiger partial charge in [-0.2, -0.15) is 0 Å². The number of fused-ring (bicyclic) bond motifs is 1. The summed E-state index contributed by atoms with van der Waals surface area (Å²) in [5.74, 6) is 0.604. The Kier molecular flexibility index (Phi) is 6.97. The maximum absolute atomic E-state index is 13.6. The van der Waals surface area contributed by atoms with Crippen LogP contribution in [0.1, 0.15) is 23.6 Å². The highest BCUT2D eigenvalue weighted by Gasteiger charge is 2.26. The Morgan fingerprint density at radius 3 is 2.23 bits per heavy atom. The van der Waals surface area contributed by atoms with Gasteiger partial charge >= 0.3 is 5.69 Å². The Morgan fingerprint density at radius 2 is 1.54 bits per heavy atom. The number of aryl methyl sites for hydroxylation is 1. The van der Waals surface area contributed by atoms with Gasteiger partial charge in [0.1, 0.15) is 11.6 Å². The standard InChI is InChI=1S/C28H31FN4O2/c1-35-24-13-9-22(10-14-24)27(21-7-11-23(29)12-8-21)32-19-17-31(18-20-32)15-4-16-33-26-6-3-2-5-25(26)30-28(33)34/h2-3,5-14,27H,4,15-20H2,1H3,(H,30,34). The summed E-state index contributed by atoms with van der Waals surface area (Å²) < 4.78 is 20.8. The zero-order chi connectivity index (χ0) is 24.2. The molecular formula is C28H31FN4O2. The van der Waals surface area contributed by atoms with Crippen molar-refractivity contribution in [3.8, 4) is 5.75 Å². The van der Waals surface area contributed by atoms with Crippen molar-refractivity contribution in [1.29, 1.82) is 0 Å². The first kappa shape index (κ1) is 23.3. The summed E-state index contributed by atoms with van der Waals surface area (Å²) in [6, 6.07) is 22.9. The lowest BCUT2D eigenvalue weighted by molar-refractivity contribution is 0.108.